The minimum Gasteiger partial charge on any atom is -0.464 e. The summed E-state index contributed by atoms with van der Waals surface area (Å²) in [5.41, 5.74) is 1.14. The molecule has 0 atom stereocenters. The number of carbonyl (C=O) groups excluding carboxylic acids is 2. The van der Waals surface area contributed by atoms with Gasteiger partial charge in [0.15, 0.2) is 5.69 Å². The van der Waals surface area contributed by atoms with Crippen LogP contribution in [-0.2, 0) is 16.6 Å². The van der Waals surface area contributed by atoms with Gasteiger partial charge < -0.3 is 10.1 Å². The highest BCUT2D eigenvalue weighted by atomic mass is 16.5. The van der Waals surface area contributed by atoms with E-state index < -0.39 is 5.97 Å². The second kappa shape index (κ2) is 5.42. The summed E-state index contributed by atoms with van der Waals surface area (Å²) in [6, 6.07) is 0. The van der Waals surface area contributed by atoms with Crippen LogP contribution in [0.2, 0.25) is 0 Å². The molecule has 6 heteroatoms. The van der Waals surface area contributed by atoms with Crippen LogP contribution in [0.4, 0.5) is 5.69 Å². The van der Waals surface area contributed by atoms with Gasteiger partial charge in [0.25, 0.3) is 0 Å². The van der Waals surface area contributed by atoms with Crippen LogP contribution in [0.5, 0.6) is 0 Å². The van der Waals surface area contributed by atoms with Crippen molar-refractivity contribution in [2.24, 2.45) is 12.5 Å². The fraction of sp³-hybridized carbons (Fsp3) is 0.615. The van der Waals surface area contributed by atoms with E-state index in [0.717, 1.165) is 0 Å². The molecule has 0 aliphatic rings. The van der Waals surface area contributed by atoms with Crippen molar-refractivity contribution in [3.05, 3.63) is 11.4 Å². The van der Waals surface area contributed by atoms with E-state index in [0.29, 0.717) is 17.8 Å². The van der Waals surface area contributed by atoms with Crippen LogP contribution in [0.1, 0.15) is 43.4 Å². The van der Waals surface area contributed by atoms with Crippen molar-refractivity contribution in [2.45, 2.75) is 34.1 Å². The molecule has 106 valence electrons. The molecule has 6 nitrogen and oxygen atoms in total. The van der Waals surface area contributed by atoms with Gasteiger partial charge in [-0.1, -0.05) is 20.8 Å². The van der Waals surface area contributed by atoms with Gasteiger partial charge >= 0.3 is 5.97 Å². The van der Waals surface area contributed by atoms with E-state index in [-0.39, 0.29) is 17.0 Å². The van der Waals surface area contributed by atoms with Gasteiger partial charge in [0, 0.05) is 13.5 Å². The van der Waals surface area contributed by atoms with Crippen LogP contribution in [-0.4, -0.2) is 28.8 Å². The molecule has 0 aromatic carbocycles. The Labute approximate surface area is 113 Å². The lowest BCUT2D eigenvalue weighted by atomic mass is 9.92. The standard InChI is InChI=1S/C13H21N3O3/c1-8-10(14-9(17)7-13(2,3)4)11(12(18)19-6)16(5)15-8/h7H2,1-6H3,(H,14,17). The summed E-state index contributed by atoms with van der Waals surface area (Å²) >= 11 is 0. The lowest BCUT2D eigenvalue weighted by Crippen LogP contribution is -2.21. The minimum atomic E-state index is -0.519. The Morgan fingerprint density at radius 2 is 1.95 bits per heavy atom. The van der Waals surface area contributed by atoms with E-state index >= 15 is 0 Å². The summed E-state index contributed by atoms with van der Waals surface area (Å²) < 4.78 is 6.11. The Morgan fingerprint density at radius 3 is 2.42 bits per heavy atom. The van der Waals surface area contributed by atoms with Crippen molar-refractivity contribution in [2.75, 3.05) is 12.4 Å². The first-order valence-corrected chi connectivity index (χ1v) is 6.07. The quantitative estimate of drug-likeness (QED) is 0.849. The third-order valence-corrected chi connectivity index (χ3v) is 2.56. The molecule has 1 rings (SSSR count). The van der Waals surface area contributed by atoms with E-state index in [2.05, 4.69) is 10.4 Å². The molecule has 1 amide bonds. The topological polar surface area (TPSA) is 73.2 Å². The average Bonchev–Trinajstić information content (AvgIpc) is 2.50. The van der Waals surface area contributed by atoms with Crippen LogP contribution in [0.25, 0.3) is 0 Å². The van der Waals surface area contributed by atoms with Gasteiger partial charge in [-0.25, -0.2) is 4.79 Å². The molecular weight excluding hydrogens is 246 g/mol. The van der Waals surface area contributed by atoms with Crippen LogP contribution in [0.3, 0.4) is 0 Å². The van der Waals surface area contributed by atoms with Crippen molar-refractivity contribution < 1.29 is 14.3 Å². The highest BCUT2D eigenvalue weighted by Crippen LogP contribution is 2.23. The number of methoxy groups -OCH3 is 1. The first-order chi connectivity index (χ1) is 8.65. The Hall–Kier alpha value is -1.85. The predicted octanol–water partition coefficient (Wildman–Crippen LogP) is 1.89. The van der Waals surface area contributed by atoms with E-state index in [4.69, 9.17) is 4.74 Å². The minimum absolute atomic E-state index is 0.119. The number of esters is 1. The number of aromatic nitrogens is 2. The largest absolute Gasteiger partial charge is 0.464 e. The maximum atomic E-state index is 12.0. The number of hydrogen-bond acceptors (Lipinski definition) is 4. The van der Waals surface area contributed by atoms with E-state index in [1.807, 2.05) is 20.8 Å². The second-order valence-corrected chi connectivity index (χ2v) is 5.71. The van der Waals surface area contributed by atoms with Gasteiger partial charge in [-0.15, -0.1) is 0 Å². The zero-order valence-corrected chi connectivity index (χ0v) is 12.3. The number of nitrogens with one attached hydrogen (secondary N) is 1. The van der Waals surface area contributed by atoms with E-state index in [9.17, 15) is 9.59 Å². The molecule has 0 radical (unpaired) electrons. The predicted molar refractivity (Wildman–Crippen MR) is 72.0 cm³/mol. The summed E-state index contributed by atoms with van der Waals surface area (Å²) in [7, 11) is 2.93. The molecule has 0 unspecified atom stereocenters. The molecule has 1 aromatic rings. The van der Waals surface area contributed by atoms with Crippen molar-refractivity contribution in [1.82, 2.24) is 9.78 Å². The third-order valence-electron chi connectivity index (χ3n) is 2.56. The molecule has 1 N–H and O–H groups in total. The fourth-order valence-corrected chi connectivity index (χ4v) is 1.80. The van der Waals surface area contributed by atoms with Crippen LogP contribution in [0, 0.1) is 12.3 Å². The first-order valence-electron chi connectivity index (χ1n) is 6.07. The summed E-state index contributed by atoms with van der Waals surface area (Å²) in [6.45, 7) is 7.66. The third kappa shape index (κ3) is 3.81. The number of amides is 1. The molecule has 1 heterocycles. The van der Waals surface area contributed by atoms with Crippen molar-refractivity contribution >= 4 is 17.6 Å². The second-order valence-electron chi connectivity index (χ2n) is 5.71. The highest BCUT2D eigenvalue weighted by Gasteiger charge is 2.24. The van der Waals surface area contributed by atoms with Crippen LogP contribution < -0.4 is 5.32 Å². The monoisotopic (exact) mass is 267 g/mol. The molecule has 19 heavy (non-hydrogen) atoms. The summed E-state index contributed by atoms with van der Waals surface area (Å²) in [5, 5.41) is 6.88. The van der Waals surface area contributed by atoms with Crippen LogP contribution in [0.15, 0.2) is 0 Å². The maximum absolute atomic E-state index is 12.0. The van der Waals surface area contributed by atoms with Gasteiger partial charge in [-0.05, 0) is 12.3 Å². The first kappa shape index (κ1) is 15.2. The smallest absolute Gasteiger partial charge is 0.358 e. The number of ether oxygens (including phenoxy) is 1. The molecule has 0 spiro atoms. The lowest BCUT2D eigenvalue weighted by molar-refractivity contribution is -0.117. The molecule has 0 saturated carbocycles. The van der Waals surface area contributed by atoms with Crippen molar-refractivity contribution in [3.8, 4) is 0 Å². The van der Waals surface area contributed by atoms with Gasteiger partial charge in [-0.2, -0.15) is 5.10 Å². The molecule has 0 fully saturated rings. The summed E-state index contributed by atoms with van der Waals surface area (Å²) in [4.78, 5) is 23.7. The van der Waals surface area contributed by atoms with Gasteiger partial charge in [0.05, 0.1) is 18.5 Å². The van der Waals surface area contributed by atoms with Crippen LogP contribution >= 0.6 is 0 Å². The molecular formula is C13H21N3O3. The molecule has 0 bridgehead atoms. The average molecular weight is 267 g/mol. The summed E-state index contributed by atoms with van der Waals surface area (Å²) in [6.07, 6.45) is 0.363. The SMILES string of the molecule is COC(=O)c1c(NC(=O)CC(C)(C)C)c(C)nn1C. The van der Waals surface area contributed by atoms with Crippen molar-refractivity contribution in [3.63, 3.8) is 0 Å². The number of rotatable bonds is 3. The van der Waals surface area contributed by atoms with Gasteiger partial charge in [0.2, 0.25) is 5.91 Å². The molecule has 0 saturated heterocycles. The normalized spacial score (nSPS) is 11.3. The Kier molecular flexibility index (Phi) is 4.34. The van der Waals surface area contributed by atoms with E-state index in [1.165, 1.54) is 11.8 Å². The Balaban J connectivity index is 3.01. The number of hydrogen-bond donors (Lipinski definition) is 1. The summed E-state index contributed by atoms with van der Waals surface area (Å²) in [5.74, 6) is -0.664. The number of nitrogens with zero attached hydrogens (tertiary/aromatic N) is 2. The number of carbonyl (C=O) groups is 2. The molecule has 0 aliphatic carbocycles. The fourth-order valence-electron chi connectivity index (χ4n) is 1.80. The number of aryl methyl sites for hydroxylation is 2. The number of anilines is 1. The molecule has 0 aliphatic heterocycles. The zero-order chi connectivity index (χ0) is 14.8. The van der Waals surface area contributed by atoms with E-state index in [1.54, 1.807) is 14.0 Å². The van der Waals surface area contributed by atoms with Gasteiger partial charge in [0.1, 0.15) is 0 Å². The zero-order valence-electron chi connectivity index (χ0n) is 12.3. The lowest BCUT2D eigenvalue weighted by Gasteiger charge is -2.17. The van der Waals surface area contributed by atoms with Gasteiger partial charge in [-0.3, -0.25) is 9.48 Å². The maximum Gasteiger partial charge on any atom is 0.358 e. The van der Waals surface area contributed by atoms with Crippen molar-refractivity contribution in [1.29, 1.82) is 0 Å². The highest BCUT2D eigenvalue weighted by molar-refractivity contribution is 6.00. The molecule has 1 aromatic heterocycles. The Morgan fingerprint density at radius 1 is 1.37 bits per heavy atom. The Bertz CT molecular complexity index is 498.